The molecule has 0 fully saturated rings. The number of aromatic nitrogens is 1. The summed E-state index contributed by atoms with van der Waals surface area (Å²) >= 11 is 0. The highest BCUT2D eigenvalue weighted by Gasteiger charge is 2.18. The number of ether oxygens (including phenoxy) is 2. The second-order valence-corrected chi connectivity index (χ2v) is 6.43. The van der Waals surface area contributed by atoms with Gasteiger partial charge in [-0.1, -0.05) is 24.3 Å². The topological polar surface area (TPSA) is 60.5 Å². The van der Waals surface area contributed by atoms with Crippen molar-refractivity contribution in [3.05, 3.63) is 65.4 Å². The minimum atomic E-state index is -0.162. The van der Waals surface area contributed by atoms with Crippen LogP contribution in [0.2, 0.25) is 0 Å². The van der Waals surface area contributed by atoms with Gasteiger partial charge in [0, 0.05) is 11.1 Å². The van der Waals surface area contributed by atoms with E-state index >= 15 is 0 Å². The van der Waals surface area contributed by atoms with Crippen molar-refractivity contribution in [3.63, 3.8) is 0 Å². The quantitative estimate of drug-likeness (QED) is 0.782. The first-order valence-corrected chi connectivity index (χ1v) is 8.68. The molecule has 0 spiro atoms. The molecule has 1 aromatic heterocycles. The van der Waals surface area contributed by atoms with E-state index in [0.717, 1.165) is 33.7 Å². The molecule has 2 heterocycles. The van der Waals surface area contributed by atoms with Gasteiger partial charge in [0.15, 0.2) is 11.5 Å². The van der Waals surface area contributed by atoms with Crippen LogP contribution in [0.25, 0.3) is 10.9 Å². The Balaban J connectivity index is 1.60. The molecule has 2 aromatic carbocycles. The van der Waals surface area contributed by atoms with E-state index in [9.17, 15) is 4.79 Å². The van der Waals surface area contributed by atoms with Gasteiger partial charge in [0.25, 0.3) is 5.91 Å². The van der Waals surface area contributed by atoms with Crippen LogP contribution in [0, 0.1) is 6.92 Å². The van der Waals surface area contributed by atoms with Gasteiger partial charge in [0.2, 0.25) is 0 Å². The second kappa shape index (κ2) is 6.67. The number of carbonyl (C=O) groups excluding carboxylic acids is 1. The molecule has 1 N–H and O–H groups in total. The summed E-state index contributed by atoms with van der Waals surface area (Å²) in [5, 5.41) is 3.93. The van der Waals surface area contributed by atoms with Crippen molar-refractivity contribution in [1.29, 1.82) is 0 Å². The minimum absolute atomic E-state index is 0.117. The zero-order chi connectivity index (χ0) is 18.1. The molecule has 0 radical (unpaired) electrons. The molecule has 5 nitrogen and oxygen atoms in total. The maximum atomic E-state index is 12.9. The Bertz CT molecular complexity index is 984. The number of rotatable bonds is 3. The fourth-order valence-corrected chi connectivity index (χ4v) is 3.18. The number of hydrogen-bond donors (Lipinski definition) is 1. The maximum Gasteiger partial charge on any atom is 0.252 e. The monoisotopic (exact) mass is 348 g/mol. The fourth-order valence-electron chi connectivity index (χ4n) is 3.18. The summed E-state index contributed by atoms with van der Waals surface area (Å²) in [7, 11) is 0. The Labute approximate surface area is 152 Å². The van der Waals surface area contributed by atoms with E-state index in [-0.39, 0.29) is 11.9 Å². The smallest absolute Gasteiger partial charge is 0.252 e. The van der Waals surface area contributed by atoms with E-state index in [1.54, 1.807) is 0 Å². The van der Waals surface area contributed by atoms with Crippen LogP contribution < -0.4 is 14.8 Å². The molecule has 1 amide bonds. The number of hydrogen-bond acceptors (Lipinski definition) is 4. The van der Waals surface area contributed by atoms with Crippen LogP contribution in [-0.4, -0.2) is 24.1 Å². The molecule has 3 aromatic rings. The summed E-state index contributed by atoms with van der Waals surface area (Å²) in [6, 6.07) is 15.1. The lowest BCUT2D eigenvalue weighted by atomic mass is 10.0. The lowest BCUT2D eigenvalue weighted by molar-refractivity contribution is 0.0941. The van der Waals surface area contributed by atoms with E-state index in [2.05, 4.69) is 10.3 Å². The average molecular weight is 348 g/mol. The SMILES string of the molecule is Cc1cc(C(=O)N[C@H](C)c2ccc3c(c2)OCCO3)c2ccccc2n1. The Morgan fingerprint density at radius 3 is 2.69 bits per heavy atom. The van der Waals surface area contributed by atoms with Gasteiger partial charge in [0.05, 0.1) is 17.1 Å². The van der Waals surface area contributed by atoms with Gasteiger partial charge in [0.1, 0.15) is 13.2 Å². The molecule has 4 rings (SSSR count). The third kappa shape index (κ3) is 3.08. The van der Waals surface area contributed by atoms with Crippen molar-refractivity contribution in [1.82, 2.24) is 10.3 Å². The zero-order valence-corrected chi connectivity index (χ0v) is 14.8. The lowest BCUT2D eigenvalue weighted by Gasteiger charge is -2.21. The predicted octanol–water partition coefficient (Wildman–Crippen LogP) is 3.81. The highest BCUT2D eigenvalue weighted by molar-refractivity contribution is 6.06. The first kappa shape index (κ1) is 16.4. The maximum absolute atomic E-state index is 12.9. The van der Waals surface area contributed by atoms with Crippen LogP contribution in [-0.2, 0) is 0 Å². The number of carbonyl (C=O) groups is 1. The van der Waals surface area contributed by atoms with Crippen LogP contribution in [0.4, 0.5) is 0 Å². The van der Waals surface area contributed by atoms with Gasteiger partial charge in [-0.3, -0.25) is 9.78 Å². The molecule has 0 saturated heterocycles. The Morgan fingerprint density at radius 2 is 1.85 bits per heavy atom. The van der Waals surface area contributed by atoms with Gasteiger partial charge in [-0.05, 0) is 43.7 Å². The van der Waals surface area contributed by atoms with E-state index in [1.807, 2.05) is 62.4 Å². The summed E-state index contributed by atoms with van der Waals surface area (Å²) in [6.45, 7) is 4.96. The number of para-hydroxylation sites is 1. The Hall–Kier alpha value is -3.08. The van der Waals surface area contributed by atoms with Crippen molar-refractivity contribution in [2.45, 2.75) is 19.9 Å². The van der Waals surface area contributed by atoms with Gasteiger partial charge >= 0.3 is 0 Å². The Morgan fingerprint density at radius 1 is 1.08 bits per heavy atom. The fraction of sp³-hybridized carbons (Fsp3) is 0.238. The highest BCUT2D eigenvalue weighted by Crippen LogP contribution is 2.32. The summed E-state index contributed by atoms with van der Waals surface area (Å²) in [5.41, 5.74) is 3.25. The van der Waals surface area contributed by atoms with Crippen LogP contribution >= 0.6 is 0 Å². The van der Waals surface area contributed by atoms with Crippen molar-refractivity contribution < 1.29 is 14.3 Å². The second-order valence-electron chi connectivity index (χ2n) is 6.43. The molecule has 132 valence electrons. The zero-order valence-electron chi connectivity index (χ0n) is 14.8. The number of amides is 1. The van der Waals surface area contributed by atoms with E-state index in [4.69, 9.17) is 9.47 Å². The molecule has 1 aliphatic heterocycles. The van der Waals surface area contributed by atoms with E-state index in [1.165, 1.54) is 0 Å². The van der Waals surface area contributed by atoms with Gasteiger partial charge in [-0.15, -0.1) is 0 Å². The lowest BCUT2D eigenvalue weighted by Crippen LogP contribution is -2.27. The first-order valence-electron chi connectivity index (χ1n) is 8.68. The summed E-state index contributed by atoms with van der Waals surface area (Å²) in [5.74, 6) is 1.35. The van der Waals surface area contributed by atoms with Crippen LogP contribution in [0.5, 0.6) is 11.5 Å². The van der Waals surface area contributed by atoms with Crippen molar-refractivity contribution in [2.75, 3.05) is 13.2 Å². The molecule has 0 saturated carbocycles. The van der Waals surface area contributed by atoms with Gasteiger partial charge in [-0.25, -0.2) is 0 Å². The van der Waals surface area contributed by atoms with Gasteiger partial charge in [-0.2, -0.15) is 0 Å². The molecular weight excluding hydrogens is 328 g/mol. The average Bonchev–Trinajstić information content (AvgIpc) is 2.66. The van der Waals surface area contributed by atoms with Crippen molar-refractivity contribution in [2.24, 2.45) is 0 Å². The largest absolute Gasteiger partial charge is 0.486 e. The summed E-state index contributed by atoms with van der Waals surface area (Å²) < 4.78 is 11.2. The first-order chi connectivity index (χ1) is 12.6. The van der Waals surface area contributed by atoms with Crippen LogP contribution in [0.1, 0.15) is 34.6 Å². The summed E-state index contributed by atoms with van der Waals surface area (Å²) in [4.78, 5) is 17.4. The number of pyridine rings is 1. The Kier molecular flexibility index (Phi) is 4.21. The van der Waals surface area contributed by atoms with Crippen LogP contribution in [0.3, 0.4) is 0 Å². The van der Waals surface area contributed by atoms with Crippen molar-refractivity contribution >= 4 is 16.8 Å². The van der Waals surface area contributed by atoms with E-state index in [0.29, 0.717) is 18.8 Å². The third-order valence-corrected chi connectivity index (χ3v) is 4.50. The molecule has 0 aliphatic carbocycles. The number of aryl methyl sites for hydroxylation is 1. The third-order valence-electron chi connectivity index (χ3n) is 4.50. The normalized spacial score (nSPS) is 14.1. The highest BCUT2D eigenvalue weighted by atomic mass is 16.6. The number of nitrogens with one attached hydrogen (secondary N) is 1. The molecule has 0 unspecified atom stereocenters. The predicted molar refractivity (Wildman–Crippen MR) is 99.8 cm³/mol. The molecule has 26 heavy (non-hydrogen) atoms. The molecular formula is C21H20N2O3. The van der Waals surface area contributed by atoms with Gasteiger partial charge < -0.3 is 14.8 Å². The van der Waals surface area contributed by atoms with Crippen LogP contribution in [0.15, 0.2) is 48.5 Å². The standard InChI is InChI=1S/C21H20N2O3/c1-13-11-17(16-5-3-4-6-18(16)22-13)21(24)23-14(2)15-7-8-19-20(12-15)26-10-9-25-19/h3-8,11-12,14H,9-10H2,1-2H3,(H,23,24)/t14-/m1/s1. The molecule has 1 aliphatic rings. The molecule has 5 heteroatoms. The number of fused-ring (bicyclic) bond motifs is 2. The molecule has 1 atom stereocenters. The molecule has 0 bridgehead atoms. The summed E-state index contributed by atoms with van der Waals surface area (Å²) in [6.07, 6.45) is 0. The minimum Gasteiger partial charge on any atom is -0.486 e. The number of benzene rings is 2. The van der Waals surface area contributed by atoms with E-state index < -0.39 is 0 Å². The van der Waals surface area contributed by atoms with Crippen molar-refractivity contribution in [3.8, 4) is 11.5 Å². The number of nitrogens with zero attached hydrogens (tertiary/aromatic N) is 1.